The molecule has 3 aromatic rings. The van der Waals surface area contributed by atoms with E-state index in [2.05, 4.69) is 9.97 Å². The van der Waals surface area contributed by atoms with Crippen LogP contribution < -0.4 is 5.56 Å². The van der Waals surface area contributed by atoms with Crippen molar-refractivity contribution in [1.29, 1.82) is 5.26 Å². The van der Waals surface area contributed by atoms with Gasteiger partial charge in [-0.1, -0.05) is 12.1 Å². The molecule has 0 saturated carbocycles. The van der Waals surface area contributed by atoms with Gasteiger partial charge in [0.15, 0.2) is 11.9 Å². The van der Waals surface area contributed by atoms with Crippen molar-refractivity contribution in [2.45, 2.75) is 13.0 Å². The third kappa shape index (κ3) is 3.01. The van der Waals surface area contributed by atoms with Crippen molar-refractivity contribution in [3.63, 3.8) is 0 Å². The number of hydrogen-bond acceptors (Lipinski definition) is 5. The molecule has 0 aliphatic carbocycles. The van der Waals surface area contributed by atoms with Crippen molar-refractivity contribution in [1.82, 2.24) is 9.97 Å². The lowest BCUT2D eigenvalue weighted by Gasteiger charge is -2.13. The monoisotopic (exact) mass is 319 g/mol. The number of carbonyl (C=O) groups is 1. The molecule has 118 valence electrons. The molecule has 6 nitrogen and oxygen atoms in total. The fourth-order valence-corrected chi connectivity index (χ4v) is 2.26. The molecular weight excluding hydrogens is 306 g/mol. The molecule has 0 radical (unpaired) electrons. The van der Waals surface area contributed by atoms with Crippen molar-refractivity contribution >= 4 is 16.9 Å². The molecule has 0 aliphatic rings. The van der Waals surface area contributed by atoms with Gasteiger partial charge in [-0.2, -0.15) is 5.26 Å². The maximum absolute atomic E-state index is 12.2. The minimum atomic E-state index is -0.717. The second kappa shape index (κ2) is 6.34. The van der Waals surface area contributed by atoms with Gasteiger partial charge in [-0.25, -0.2) is 9.78 Å². The highest BCUT2D eigenvalue weighted by Crippen LogP contribution is 2.16. The minimum Gasteiger partial charge on any atom is -0.451 e. The van der Waals surface area contributed by atoms with Gasteiger partial charge in [0.25, 0.3) is 5.56 Å². The number of carbonyl (C=O) groups excluding carboxylic acids is 1. The number of H-pyrrole nitrogens is 1. The first kappa shape index (κ1) is 15.4. The molecule has 1 aromatic heterocycles. The van der Waals surface area contributed by atoms with E-state index in [4.69, 9.17) is 10.00 Å². The van der Waals surface area contributed by atoms with Gasteiger partial charge < -0.3 is 9.72 Å². The van der Waals surface area contributed by atoms with Gasteiger partial charge in [0.1, 0.15) is 0 Å². The number of rotatable bonds is 3. The van der Waals surface area contributed by atoms with Gasteiger partial charge in [0.2, 0.25) is 0 Å². The zero-order chi connectivity index (χ0) is 17.1. The predicted octanol–water partition coefficient (Wildman–Crippen LogP) is 2.71. The first-order valence-corrected chi connectivity index (χ1v) is 7.28. The number of ether oxygens (including phenoxy) is 1. The Morgan fingerprint density at radius 2 is 1.92 bits per heavy atom. The molecule has 0 saturated heterocycles. The Kier molecular flexibility index (Phi) is 4.08. The minimum absolute atomic E-state index is 0.278. The molecule has 0 bridgehead atoms. The molecule has 24 heavy (non-hydrogen) atoms. The fourth-order valence-electron chi connectivity index (χ4n) is 2.26. The summed E-state index contributed by atoms with van der Waals surface area (Å²) in [5.74, 6) is -0.275. The third-order valence-corrected chi connectivity index (χ3v) is 3.55. The summed E-state index contributed by atoms with van der Waals surface area (Å²) in [6.45, 7) is 1.63. The van der Waals surface area contributed by atoms with Crippen molar-refractivity contribution in [3.05, 3.63) is 75.8 Å². The lowest BCUT2D eigenvalue weighted by molar-refractivity contribution is 0.0320. The Labute approximate surface area is 137 Å². The van der Waals surface area contributed by atoms with Crippen LogP contribution in [0.1, 0.15) is 34.8 Å². The van der Waals surface area contributed by atoms with Gasteiger partial charge in [-0.05, 0) is 43.3 Å². The summed E-state index contributed by atoms with van der Waals surface area (Å²) in [5.41, 5.74) is 1.04. The Balaban J connectivity index is 1.84. The van der Waals surface area contributed by atoms with Crippen molar-refractivity contribution in [2.75, 3.05) is 0 Å². The smallest absolute Gasteiger partial charge is 0.338 e. The molecule has 0 spiro atoms. The van der Waals surface area contributed by atoms with Crippen LogP contribution >= 0.6 is 0 Å². The number of nitrogens with zero attached hydrogens (tertiary/aromatic N) is 2. The molecular formula is C18H13N3O3. The Hall–Kier alpha value is -3.46. The van der Waals surface area contributed by atoms with E-state index in [1.165, 1.54) is 24.3 Å². The number of esters is 1. The zero-order valence-electron chi connectivity index (χ0n) is 12.8. The highest BCUT2D eigenvalue weighted by molar-refractivity contribution is 5.89. The van der Waals surface area contributed by atoms with Crippen LogP contribution in [0.25, 0.3) is 10.9 Å². The van der Waals surface area contributed by atoms with Crippen LogP contribution in [-0.4, -0.2) is 15.9 Å². The maximum Gasteiger partial charge on any atom is 0.338 e. The van der Waals surface area contributed by atoms with E-state index in [1.54, 1.807) is 31.2 Å². The van der Waals surface area contributed by atoms with Gasteiger partial charge >= 0.3 is 5.97 Å². The van der Waals surface area contributed by atoms with Gasteiger partial charge in [-0.3, -0.25) is 4.79 Å². The predicted molar refractivity (Wildman–Crippen MR) is 87.4 cm³/mol. The number of aromatic amines is 1. The van der Waals surface area contributed by atoms with E-state index >= 15 is 0 Å². The summed E-state index contributed by atoms with van der Waals surface area (Å²) in [7, 11) is 0. The number of hydrogen-bond donors (Lipinski definition) is 1. The molecule has 0 amide bonds. The van der Waals surface area contributed by atoms with Crippen LogP contribution in [-0.2, 0) is 4.74 Å². The summed E-state index contributed by atoms with van der Waals surface area (Å²) < 4.78 is 5.35. The van der Waals surface area contributed by atoms with E-state index in [-0.39, 0.29) is 11.4 Å². The molecule has 0 fully saturated rings. The van der Waals surface area contributed by atoms with Crippen LogP contribution in [0, 0.1) is 11.3 Å². The summed E-state index contributed by atoms with van der Waals surface area (Å²) in [6, 6.07) is 15.0. The normalized spacial score (nSPS) is 11.7. The first-order valence-electron chi connectivity index (χ1n) is 7.28. The average molecular weight is 319 g/mol. The van der Waals surface area contributed by atoms with Gasteiger partial charge in [0, 0.05) is 0 Å². The van der Waals surface area contributed by atoms with E-state index in [9.17, 15) is 9.59 Å². The molecule has 6 heteroatoms. The number of nitriles is 1. The van der Waals surface area contributed by atoms with Gasteiger partial charge in [0.05, 0.1) is 28.1 Å². The Bertz CT molecular complexity index is 1000. The van der Waals surface area contributed by atoms with Crippen molar-refractivity contribution in [2.24, 2.45) is 0 Å². The molecule has 1 atom stereocenters. The van der Waals surface area contributed by atoms with E-state index in [0.717, 1.165) is 0 Å². The number of benzene rings is 2. The third-order valence-electron chi connectivity index (χ3n) is 3.55. The Morgan fingerprint density at radius 1 is 1.21 bits per heavy atom. The first-order chi connectivity index (χ1) is 11.6. The van der Waals surface area contributed by atoms with Crippen LogP contribution in [0.4, 0.5) is 0 Å². The maximum atomic E-state index is 12.2. The average Bonchev–Trinajstić information content (AvgIpc) is 2.61. The molecule has 3 rings (SSSR count). The van der Waals surface area contributed by atoms with Crippen LogP contribution in [0.3, 0.4) is 0 Å². The molecule has 0 unspecified atom stereocenters. The zero-order valence-corrected chi connectivity index (χ0v) is 12.8. The van der Waals surface area contributed by atoms with Gasteiger partial charge in [-0.15, -0.1) is 0 Å². The second-order valence-electron chi connectivity index (χ2n) is 5.21. The summed E-state index contributed by atoms with van der Waals surface area (Å²) in [4.78, 5) is 31.2. The lowest BCUT2D eigenvalue weighted by Crippen LogP contribution is -2.17. The largest absolute Gasteiger partial charge is 0.451 e. The van der Waals surface area contributed by atoms with Crippen LogP contribution in [0.2, 0.25) is 0 Å². The topological polar surface area (TPSA) is 95.8 Å². The fraction of sp³-hybridized carbons (Fsp3) is 0.111. The van der Waals surface area contributed by atoms with Crippen molar-refractivity contribution < 1.29 is 9.53 Å². The van der Waals surface area contributed by atoms with Crippen LogP contribution in [0.5, 0.6) is 0 Å². The highest BCUT2D eigenvalue weighted by Gasteiger charge is 2.16. The lowest BCUT2D eigenvalue weighted by atomic mass is 10.1. The van der Waals surface area contributed by atoms with E-state index < -0.39 is 12.1 Å². The number of aromatic nitrogens is 2. The SMILES string of the molecule is C[C@@H](OC(=O)c1ccc(C#N)cc1)c1nc2ccccc2c(=O)[nH]1. The number of fused-ring (bicyclic) bond motifs is 1. The molecule has 2 aromatic carbocycles. The quantitative estimate of drug-likeness (QED) is 0.749. The van der Waals surface area contributed by atoms with Crippen LogP contribution in [0.15, 0.2) is 53.3 Å². The van der Waals surface area contributed by atoms with Crippen molar-refractivity contribution in [3.8, 4) is 6.07 Å². The molecule has 0 aliphatic heterocycles. The standard InChI is InChI=1S/C18H13N3O3/c1-11(24-18(23)13-8-6-12(10-19)7-9-13)16-20-15-5-3-2-4-14(15)17(22)21-16/h2-9,11H,1H3,(H,20,21,22)/t11-/m1/s1. The summed E-state index contributed by atoms with van der Waals surface area (Å²) >= 11 is 0. The summed E-state index contributed by atoms with van der Waals surface area (Å²) in [6.07, 6.45) is -0.717. The van der Waals surface area contributed by atoms with E-state index in [0.29, 0.717) is 22.0 Å². The number of nitrogens with one attached hydrogen (secondary N) is 1. The molecule has 1 heterocycles. The summed E-state index contributed by atoms with van der Waals surface area (Å²) in [5, 5.41) is 9.24. The van der Waals surface area contributed by atoms with E-state index in [1.807, 2.05) is 6.07 Å². The highest BCUT2D eigenvalue weighted by atomic mass is 16.5. The Morgan fingerprint density at radius 3 is 2.62 bits per heavy atom. The molecule has 1 N–H and O–H groups in total. The second-order valence-corrected chi connectivity index (χ2v) is 5.21. The number of para-hydroxylation sites is 1.